The largest absolute Gasteiger partial charge is 0.507 e. The summed E-state index contributed by atoms with van der Waals surface area (Å²) >= 11 is 1.66. The van der Waals surface area contributed by atoms with Crippen LogP contribution in [-0.2, 0) is 5.75 Å². The maximum absolute atomic E-state index is 9.89. The average molecular weight is 298 g/mol. The van der Waals surface area contributed by atoms with Crippen LogP contribution in [-0.4, -0.2) is 15.1 Å². The van der Waals surface area contributed by atoms with Crippen LogP contribution < -0.4 is 11.3 Å². The highest BCUT2D eigenvalue weighted by Crippen LogP contribution is 2.34. The van der Waals surface area contributed by atoms with Gasteiger partial charge in [0.25, 0.3) is 0 Å². The minimum absolute atomic E-state index is 0.299. The van der Waals surface area contributed by atoms with Gasteiger partial charge < -0.3 is 10.5 Å². The second-order valence-electron chi connectivity index (χ2n) is 4.45. The molecule has 3 aromatic rings. The molecule has 0 saturated carbocycles. The molecule has 0 amide bonds. The Morgan fingerprint density at radius 2 is 1.86 bits per heavy atom. The van der Waals surface area contributed by atoms with Crippen LogP contribution in [0.1, 0.15) is 5.69 Å². The molecule has 106 valence electrons. The second kappa shape index (κ2) is 5.99. The summed E-state index contributed by atoms with van der Waals surface area (Å²) in [6.45, 7) is 0. The second-order valence-corrected chi connectivity index (χ2v) is 5.47. The number of nitrogens with zero attached hydrogens (tertiary/aromatic N) is 2. The number of aromatic hydroxyl groups is 1. The maximum Gasteiger partial charge on any atom is 0.158 e. The summed E-state index contributed by atoms with van der Waals surface area (Å²) in [5.74, 6) is 6.80. The van der Waals surface area contributed by atoms with Gasteiger partial charge in [-0.25, -0.2) is 10.8 Å². The number of nitrogens with two attached hydrogens (primary N) is 1. The number of nitrogens with one attached hydrogen (secondary N) is 1. The van der Waals surface area contributed by atoms with E-state index in [1.165, 1.54) is 0 Å². The van der Waals surface area contributed by atoms with Crippen LogP contribution in [0.5, 0.6) is 5.75 Å². The number of aromatic nitrogens is 2. The third kappa shape index (κ3) is 2.91. The topological polar surface area (TPSA) is 84.1 Å². The van der Waals surface area contributed by atoms with Gasteiger partial charge in [-0.2, -0.15) is 0 Å². The van der Waals surface area contributed by atoms with Crippen molar-refractivity contribution in [3.63, 3.8) is 0 Å². The number of hydrogen-bond donors (Lipinski definition) is 3. The van der Waals surface area contributed by atoms with Crippen molar-refractivity contribution in [3.8, 4) is 5.75 Å². The number of nitrogen functional groups attached to an aromatic ring is 1. The molecule has 6 heteroatoms. The number of anilines is 1. The Labute approximate surface area is 126 Å². The monoisotopic (exact) mass is 298 g/mol. The number of phenolic OH excluding ortho intramolecular Hbond substituents is 1. The molecule has 3 rings (SSSR count). The van der Waals surface area contributed by atoms with Gasteiger partial charge in [0, 0.05) is 16.0 Å². The van der Waals surface area contributed by atoms with Crippen molar-refractivity contribution < 1.29 is 5.11 Å². The van der Waals surface area contributed by atoms with Gasteiger partial charge in [-0.3, -0.25) is 4.98 Å². The van der Waals surface area contributed by atoms with Crippen LogP contribution in [0.3, 0.4) is 0 Å². The van der Waals surface area contributed by atoms with Gasteiger partial charge in [-0.1, -0.05) is 24.3 Å². The van der Waals surface area contributed by atoms with Gasteiger partial charge in [-0.15, -0.1) is 11.8 Å². The van der Waals surface area contributed by atoms with Crippen LogP contribution in [0.15, 0.2) is 53.7 Å². The smallest absolute Gasteiger partial charge is 0.158 e. The van der Waals surface area contributed by atoms with E-state index in [2.05, 4.69) is 15.4 Å². The molecule has 0 saturated heterocycles. The summed E-state index contributed by atoms with van der Waals surface area (Å²) < 4.78 is 0. The lowest BCUT2D eigenvalue weighted by molar-refractivity contribution is 0.481. The predicted octanol–water partition coefficient (Wildman–Crippen LogP) is 2.91. The first-order valence-electron chi connectivity index (χ1n) is 6.39. The van der Waals surface area contributed by atoms with Gasteiger partial charge in [0.2, 0.25) is 0 Å². The molecule has 1 heterocycles. The van der Waals surface area contributed by atoms with Crippen LogP contribution in [0, 0.1) is 0 Å². The van der Waals surface area contributed by atoms with Crippen molar-refractivity contribution >= 4 is 28.4 Å². The Balaban J connectivity index is 1.83. The summed E-state index contributed by atoms with van der Waals surface area (Å²) in [4.78, 5) is 9.52. The molecule has 0 unspecified atom stereocenters. The Bertz CT molecular complexity index is 761. The summed E-state index contributed by atoms with van der Waals surface area (Å²) in [6, 6.07) is 11.4. The van der Waals surface area contributed by atoms with E-state index in [-0.39, 0.29) is 0 Å². The van der Waals surface area contributed by atoms with Crippen molar-refractivity contribution in [3.05, 3.63) is 54.5 Å². The molecule has 0 aliphatic carbocycles. The third-order valence-corrected chi connectivity index (χ3v) is 4.20. The quantitative estimate of drug-likeness (QED) is 0.390. The van der Waals surface area contributed by atoms with Gasteiger partial charge in [0.15, 0.2) is 5.82 Å². The van der Waals surface area contributed by atoms with Crippen LogP contribution in [0.25, 0.3) is 10.8 Å². The number of thioether (sulfide) groups is 1. The summed E-state index contributed by atoms with van der Waals surface area (Å²) in [5.41, 5.74) is 3.32. The zero-order chi connectivity index (χ0) is 14.7. The molecule has 2 aromatic carbocycles. The number of hydrogen-bond acceptors (Lipinski definition) is 6. The van der Waals surface area contributed by atoms with Crippen LogP contribution >= 0.6 is 11.8 Å². The molecule has 0 bridgehead atoms. The standard InChI is InChI=1S/C15H14N4OS/c16-19-15-8-17-10(7-18-15)9-21-14-6-5-13(20)11-3-1-2-4-12(11)14/h1-8,20H,9,16H2,(H,18,19). The van der Waals surface area contributed by atoms with E-state index in [1.54, 1.807) is 30.2 Å². The van der Waals surface area contributed by atoms with Crippen molar-refractivity contribution in [1.29, 1.82) is 0 Å². The summed E-state index contributed by atoms with van der Waals surface area (Å²) in [7, 11) is 0. The molecule has 5 nitrogen and oxygen atoms in total. The molecule has 0 fully saturated rings. The number of phenols is 1. The van der Waals surface area contributed by atoms with E-state index in [4.69, 9.17) is 5.84 Å². The first-order valence-corrected chi connectivity index (χ1v) is 7.37. The number of fused-ring (bicyclic) bond motifs is 1. The predicted molar refractivity (Wildman–Crippen MR) is 85.0 cm³/mol. The molecule has 0 aliphatic rings. The van der Waals surface area contributed by atoms with E-state index < -0.39 is 0 Å². The average Bonchev–Trinajstić information content (AvgIpc) is 2.55. The fraction of sp³-hybridized carbons (Fsp3) is 0.0667. The lowest BCUT2D eigenvalue weighted by Crippen LogP contribution is -2.08. The van der Waals surface area contributed by atoms with Crippen molar-refractivity contribution in [1.82, 2.24) is 9.97 Å². The third-order valence-electron chi connectivity index (χ3n) is 3.09. The van der Waals surface area contributed by atoms with Gasteiger partial charge in [0.1, 0.15) is 5.75 Å². The number of rotatable bonds is 4. The Morgan fingerprint density at radius 3 is 2.57 bits per heavy atom. The summed E-state index contributed by atoms with van der Waals surface area (Å²) in [6.07, 6.45) is 3.30. The minimum Gasteiger partial charge on any atom is -0.507 e. The zero-order valence-electron chi connectivity index (χ0n) is 11.2. The Kier molecular flexibility index (Phi) is 3.89. The highest BCUT2D eigenvalue weighted by atomic mass is 32.2. The highest BCUT2D eigenvalue weighted by Gasteiger charge is 2.06. The fourth-order valence-corrected chi connectivity index (χ4v) is 2.99. The first-order chi connectivity index (χ1) is 10.3. The molecular formula is C15H14N4OS. The summed E-state index contributed by atoms with van der Waals surface area (Å²) in [5, 5.41) is 11.8. The molecular weight excluding hydrogens is 284 g/mol. The van der Waals surface area contributed by atoms with E-state index in [9.17, 15) is 5.11 Å². The maximum atomic E-state index is 9.89. The van der Waals surface area contributed by atoms with Crippen molar-refractivity contribution in [2.75, 3.05) is 5.43 Å². The fourth-order valence-electron chi connectivity index (χ4n) is 2.04. The number of benzene rings is 2. The molecule has 21 heavy (non-hydrogen) atoms. The molecule has 4 N–H and O–H groups in total. The molecule has 0 atom stereocenters. The van der Waals surface area contributed by atoms with Gasteiger partial charge >= 0.3 is 0 Å². The normalized spacial score (nSPS) is 10.7. The van der Waals surface area contributed by atoms with Gasteiger partial charge in [-0.05, 0) is 17.5 Å². The first kappa shape index (κ1) is 13.7. The molecule has 0 radical (unpaired) electrons. The lowest BCUT2D eigenvalue weighted by Gasteiger charge is -2.07. The van der Waals surface area contributed by atoms with E-state index >= 15 is 0 Å². The Morgan fingerprint density at radius 1 is 1.05 bits per heavy atom. The van der Waals surface area contributed by atoms with Crippen molar-refractivity contribution in [2.45, 2.75) is 10.6 Å². The van der Waals surface area contributed by atoms with E-state index in [1.807, 2.05) is 30.3 Å². The SMILES string of the molecule is NNc1cnc(CSc2ccc(O)c3ccccc23)cn1. The van der Waals surface area contributed by atoms with Crippen molar-refractivity contribution in [2.24, 2.45) is 5.84 Å². The van der Waals surface area contributed by atoms with E-state index in [0.29, 0.717) is 17.3 Å². The molecule has 0 spiro atoms. The highest BCUT2D eigenvalue weighted by molar-refractivity contribution is 7.98. The lowest BCUT2D eigenvalue weighted by atomic mass is 10.1. The minimum atomic E-state index is 0.299. The zero-order valence-corrected chi connectivity index (χ0v) is 12.0. The van der Waals surface area contributed by atoms with E-state index in [0.717, 1.165) is 21.4 Å². The molecule has 0 aliphatic heterocycles. The molecule has 1 aromatic heterocycles. The van der Waals surface area contributed by atoms with Crippen LogP contribution in [0.4, 0.5) is 5.82 Å². The van der Waals surface area contributed by atoms with Gasteiger partial charge in [0.05, 0.1) is 18.1 Å². The van der Waals surface area contributed by atoms with Crippen LogP contribution in [0.2, 0.25) is 0 Å². The Hall–Kier alpha value is -2.31. The number of hydrazine groups is 1.